The SMILES string of the molecule is CCNCC1CCN(S(=O)(=O)c2ccc(C)s2)CC1. The summed E-state index contributed by atoms with van der Waals surface area (Å²) >= 11 is 1.36. The topological polar surface area (TPSA) is 49.4 Å². The van der Waals surface area contributed by atoms with E-state index in [-0.39, 0.29) is 0 Å². The second kappa shape index (κ2) is 6.35. The number of sulfonamides is 1. The van der Waals surface area contributed by atoms with Crippen LogP contribution in [0.25, 0.3) is 0 Å². The second-order valence-electron chi connectivity index (χ2n) is 5.02. The Labute approximate surface area is 119 Å². The maximum Gasteiger partial charge on any atom is 0.252 e. The van der Waals surface area contributed by atoms with Crippen molar-refractivity contribution in [1.29, 1.82) is 0 Å². The standard InChI is InChI=1S/C13H22N2O2S2/c1-3-14-10-12-6-8-15(9-7-12)19(16,17)13-5-4-11(2)18-13/h4-5,12,14H,3,6-10H2,1-2H3. The minimum absolute atomic E-state index is 0.482. The first-order valence-corrected chi connectivity index (χ1v) is 9.07. The summed E-state index contributed by atoms with van der Waals surface area (Å²) < 4.78 is 27.0. The van der Waals surface area contributed by atoms with Crippen molar-refractivity contribution in [2.45, 2.75) is 30.9 Å². The Hall–Kier alpha value is -0.430. The normalized spacial score (nSPS) is 18.8. The molecule has 0 saturated carbocycles. The Kier molecular flexibility index (Phi) is 5.00. The predicted molar refractivity (Wildman–Crippen MR) is 79.1 cm³/mol. The van der Waals surface area contributed by atoms with E-state index in [1.54, 1.807) is 10.4 Å². The van der Waals surface area contributed by atoms with E-state index in [1.807, 2.05) is 13.0 Å². The molecule has 1 saturated heterocycles. The summed E-state index contributed by atoms with van der Waals surface area (Å²) in [5.41, 5.74) is 0. The molecule has 1 fully saturated rings. The fourth-order valence-electron chi connectivity index (χ4n) is 2.38. The van der Waals surface area contributed by atoms with Gasteiger partial charge in [0.25, 0.3) is 10.0 Å². The number of hydrogen-bond acceptors (Lipinski definition) is 4. The smallest absolute Gasteiger partial charge is 0.252 e. The van der Waals surface area contributed by atoms with Gasteiger partial charge in [-0.05, 0) is 50.9 Å². The van der Waals surface area contributed by atoms with Crippen LogP contribution in [0.4, 0.5) is 0 Å². The molecule has 4 nitrogen and oxygen atoms in total. The summed E-state index contributed by atoms with van der Waals surface area (Å²) in [5, 5.41) is 3.34. The van der Waals surface area contributed by atoms with Crippen molar-refractivity contribution >= 4 is 21.4 Å². The molecule has 6 heteroatoms. The molecular formula is C13H22N2O2S2. The fraction of sp³-hybridized carbons (Fsp3) is 0.692. The largest absolute Gasteiger partial charge is 0.317 e. The first kappa shape index (κ1) is 15.0. The minimum Gasteiger partial charge on any atom is -0.317 e. The molecule has 19 heavy (non-hydrogen) atoms. The maximum absolute atomic E-state index is 12.4. The van der Waals surface area contributed by atoms with Gasteiger partial charge in [0.2, 0.25) is 0 Å². The van der Waals surface area contributed by atoms with Gasteiger partial charge in [0.1, 0.15) is 4.21 Å². The lowest BCUT2D eigenvalue weighted by atomic mass is 9.98. The molecule has 0 spiro atoms. The van der Waals surface area contributed by atoms with E-state index >= 15 is 0 Å². The van der Waals surface area contributed by atoms with Crippen molar-refractivity contribution in [3.8, 4) is 0 Å². The number of nitrogens with zero attached hydrogens (tertiary/aromatic N) is 1. The van der Waals surface area contributed by atoms with Crippen LogP contribution in [-0.2, 0) is 10.0 Å². The monoisotopic (exact) mass is 302 g/mol. The molecule has 1 aliphatic heterocycles. The van der Waals surface area contributed by atoms with Crippen molar-refractivity contribution in [2.75, 3.05) is 26.2 Å². The third-order valence-electron chi connectivity index (χ3n) is 3.57. The predicted octanol–water partition coefficient (Wildman–Crippen LogP) is 2.07. The number of aryl methyl sites for hydroxylation is 1. The van der Waals surface area contributed by atoms with E-state index in [9.17, 15) is 8.42 Å². The number of piperidine rings is 1. The third kappa shape index (κ3) is 3.56. The highest BCUT2D eigenvalue weighted by atomic mass is 32.2. The molecule has 0 bridgehead atoms. The summed E-state index contributed by atoms with van der Waals surface area (Å²) in [6, 6.07) is 3.59. The molecule has 2 heterocycles. The van der Waals surface area contributed by atoms with Gasteiger partial charge in [-0.25, -0.2) is 8.42 Å². The summed E-state index contributed by atoms with van der Waals surface area (Å²) in [4.78, 5) is 1.04. The van der Waals surface area contributed by atoms with Gasteiger partial charge in [-0.1, -0.05) is 6.92 Å². The van der Waals surface area contributed by atoms with Crippen LogP contribution in [-0.4, -0.2) is 38.9 Å². The maximum atomic E-state index is 12.4. The Balaban J connectivity index is 1.97. The first-order valence-electron chi connectivity index (χ1n) is 6.81. The average molecular weight is 302 g/mol. The van der Waals surface area contributed by atoms with Crippen LogP contribution < -0.4 is 5.32 Å². The molecule has 1 aliphatic rings. The highest BCUT2D eigenvalue weighted by Gasteiger charge is 2.29. The Bertz CT molecular complexity index is 502. The average Bonchev–Trinajstić information content (AvgIpc) is 2.84. The van der Waals surface area contributed by atoms with Crippen LogP contribution >= 0.6 is 11.3 Å². The zero-order chi connectivity index (χ0) is 13.9. The lowest BCUT2D eigenvalue weighted by molar-refractivity contribution is 0.269. The minimum atomic E-state index is -3.25. The lowest BCUT2D eigenvalue weighted by Crippen LogP contribution is -2.40. The molecule has 0 aliphatic carbocycles. The van der Waals surface area contributed by atoms with Crippen molar-refractivity contribution < 1.29 is 8.42 Å². The number of hydrogen-bond donors (Lipinski definition) is 1. The van der Waals surface area contributed by atoms with Gasteiger partial charge in [-0.3, -0.25) is 0 Å². The van der Waals surface area contributed by atoms with Crippen molar-refractivity contribution in [3.05, 3.63) is 17.0 Å². The Morgan fingerprint density at radius 3 is 2.58 bits per heavy atom. The van der Waals surface area contributed by atoms with Crippen molar-refractivity contribution in [1.82, 2.24) is 9.62 Å². The van der Waals surface area contributed by atoms with E-state index in [1.165, 1.54) is 11.3 Å². The van der Waals surface area contributed by atoms with Gasteiger partial charge in [0.15, 0.2) is 0 Å². The molecule has 0 aromatic carbocycles. The van der Waals surface area contributed by atoms with Crippen LogP contribution in [0.3, 0.4) is 0 Å². The van der Waals surface area contributed by atoms with Crippen LogP contribution in [0, 0.1) is 12.8 Å². The molecule has 1 aromatic heterocycles. The lowest BCUT2D eigenvalue weighted by Gasteiger charge is -2.30. The van der Waals surface area contributed by atoms with Gasteiger partial charge >= 0.3 is 0 Å². The zero-order valence-electron chi connectivity index (χ0n) is 11.6. The van der Waals surface area contributed by atoms with Gasteiger partial charge in [-0.15, -0.1) is 11.3 Å². The molecule has 1 aromatic rings. The molecule has 0 unspecified atom stereocenters. The third-order valence-corrected chi connectivity index (χ3v) is 6.93. The van der Waals surface area contributed by atoms with Gasteiger partial charge in [0.05, 0.1) is 0 Å². The van der Waals surface area contributed by atoms with E-state index in [0.29, 0.717) is 23.2 Å². The summed E-state index contributed by atoms with van der Waals surface area (Å²) in [7, 11) is -3.25. The quantitative estimate of drug-likeness (QED) is 0.906. The molecule has 1 N–H and O–H groups in total. The summed E-state index contributed by atoms with van der Waals surface area (Å²) in [5.74, 6) is 0.608. The number of thiophene rings is 1. The van der Waals surface area contributed by atoms with Crippen LogP contribution in [0.15, 0.2) is 16.3 Å². The first-order chi connectivity index (χ1) is 9.04. The van der Waals surface area contributed by atoms with E-state index < -0.39 is 10.0 Å². The van der Waals surface area contributed by atoms with Crippen LogP contribution in [0.1, 0.15) is 24.6 Å². The van der Waals surface area contributed by atoms with Gasteiger partial charge < -0.3 is 5.32 Å². The van der Waals surface area contributed by atoms with E-state index in [0.717, 1.165) is 30.8 Å². The molecular weight excluding hydrogens is 280 g/mol. The van der Waals surface area contributed by atoms with Crippen molar-refractivity contribution in [2.24, 2.45) is 5.92 Å². The molecule has 108 valence electrons. The van der Waals surface area contributed by atoms with E-state index in [4.69, 9.17) is 0 Å². The Morgan fingerprint density at radius 2 is 2.05 bits per heavy atom. The highest BCUT2D eigenvalue weighted by Crippen LogP contribution is 2.27. The highest BCUT2D eigenvalue weighted by molar-refractivity contribution is 7.91. The Morgan fingerprint density at radius 1 is 1.37 bits per heavy atom. The van der Waals surface area contributed by atoms with Gasteiger partial charge in [0, 0.05) is 18.0 Å². The molecule has 2 rings (SSSR count). The fourth-order valence-corrected chi connectivity index (χ4v) is 5.29. The van der Waals surface area contributed by atoms with Gasteiger partial charge in [-0.2, -0.15) is 4.31 Å². The molecule has 0 atom stereocenters. The molecule has 0 amide bonds. The number of rotatable bonds is 5. The van der Waals surface area contributed by atoms with Crippen LogP contribution in [0.5, 0.6) is 0 Å². The number of nitrogens with one attached hydrogen (secondary N) is 1. The second-order valence-corrected chi connectivity index (χ2v) is 8.47. The van der Waals surface area contributed by atoms with E-state index in [2.05, 4.69) is 12.2 Å². The van der Waals surface area contributed by atoms with Crippen LogP contribution in [0.2, 0.25) is 0 Å². The summed E-state index contributed by atoms with van der Waals surface area (Å²) in [6.07, 6.45) is 1.91. The molecule has 0 radical (unpaired) electrons. The van der Waals surface area contributed by atoms with Crippen molar-refractivity contribution in [3.63, 3.8) is 0 Å². The zero-order valence-corrected chi connectivity index (χ0v) is 13.2. The summed E-state index contributed by atoms with van der Waals surface area (Å²) in [6.45, 7) is 7.31.